The zero-order valence-electron chi connectivity index (χ0n) is 10.9. The molecule has 23 heavy (non-hydrogen) atoms. The van der Waals surface area contributed by atoms with Gasteiger partial charge in [0.2, 0.25) is 0 Å². The minimum atomic E-state index is -4.59. The second-order valence-corrected chi connectivity index (χ2v) is 6.46. The fraction of sp³-hybridized carbons (Fsp3) is 0.0769. The Morgan fingerprint density at radius 2 is 2.00 bits per heavy atom. The molecule has 2 aromatic rings. The zero-order valence-corrected chi connectivity index (χ0v) is 14.1. The van der Waals surface area contributed by atoms with E-state index in [0.29, 0.717) is 4.47 Å². The predicted octanol–water partition coefficient (Wildman–Crippen LogP) is 5.50. The van der Waals surface area contributed by atoms with Crippen molar-refractivity contribution in [1.29, 1.82) is 0 Å². The SMILES string of the molecule is O=C(Nc1ccc(SC(F)(F)F)c(F)c1)c1cnc(Cl)c(Br)c1. The van der Waals surface area contributed by atoms with Crippen molar-refractivity contribution in [2.24, 2.45) is 0 Å². The Kier molecular flexibility index (Phi) is 5.53. The average molecular weight is 430 g/mol. The monoisotopic (exact) mass is 428 g/mol. The van der Waals surface area contributed by atoms with E-state index in [2.05, 4.69) is 26.2 Å². The Balaban J connectivity index is 2.15. The number of rotatable bonds is 3. The minimum absolute atomic E-state index is 0.0186. The van der Waals surface area contributed by atoms with Crippen molar-refractivity contribution in [3.05, 3.63) is 51.5 Å². The average Bonchev–Trinajstić information content (AvgIpc) is 2.43. The number of carbonyl (C=O) groups excluding carboxylic acids is 1. The molecule has 2 rings (SSSR count). The fourth-order valence-corrected chi connectivity index (χ4v) is 2.53. The van der Waals surface area contributed by atoms with Crippen molar-refractivity contribution < 1.29 is 22.4 Å². The van der Waals surface area contributed by atoms with Gasteiger partial charge in [-0.15, -0.1) is 0 Å². The number of carbonyl (C=O) groups is 1. The highest BCUT2D eigenvalue weighted by molar-refractivity contribution is 9.10. The lowest BCUT2D eigenvalue weighted by Gasteiger charge is -2.09. The standard InChI is InChI=1S/C13H6BrClF4N2OS/c14-8-3-6(5-20-11(8)15)12(22)21-7-1-2-10(9(16)4-7)23-13(17,18)19/h1-5H,(H,21,22). The molecule has 1 aromatic heterocycles. The Morgan fingerprint density at radius 1 is 1.30 bits per heavy atom. The molecule has 1 N–H and O–H groups in total. The summed E-state index contributed by atoms with van der Waals surface area (Å²) in [6, 6.07) is 4.34. The van der Waals surface area contributed by atoms with Gasteiger partial charge in [0.15, 0.2) is 0 Å². The summed E-state index contributed by atoms with van der Waals surface area (Å²) in [6.07, 6.45) is 1.21. The van der Waals surface area contributed by atoms with E-state index in [9.17, 15) is 22.4 Å². The Morgan fingerprint density at radius 3 is 2.57 bits per heavy atom. The van der Waals surface area contributed by atoms with Crippen LogP contribution in [0.25, 0.3) is 0 Å². The van der Waals surface area contributed by atoms with Crippen LogP contribution in [0.5, 0.6) is 0 Å². The Hall–Kier alpha value is -1.32. The Bertz CT molecular complexity index is 757. The van der Waals surface area contributed by atoms with E-state index in [1.165, 1.54) is 18.3 Å². The highest BCUT2D eigenvalue weighted by Gasteiger charge is 2.30. The molecule has 0 radical (unpaired) electrons. The van der Waals surface area contributed by atoms with Gasteiger partial charge in [0.05, 0.1) is 14.9 Å². The summed E-state index contributed by atoms with van der Waals surface area (Å²) < 4.78 is 50.7. The second kappa shape index (κ2) is 7.06. The summed E-state index contributed by atoms with van der Waals surface area (Å²) in [6.45, 7) is 0. The Labute approximate surface area is 145 Å². The number of nitrogens with one attached hydrogen (secondary N) is 1. The lowest BCUT2D eigenvalue weighted by Crippen LogP contribution is -2.12. The van der Waals surface area contributed by atoms with Crippen molar-refractivity contribution in [1.82, 2.24) is 4.98 Å². The maximum absolute atomic E-state index is 13.6. The van der Waals surface area contributed by atoms with Crippen molar-refractivity contribution in [2.75, 3.05) is 5.32 Å². The molecule has 0 aliphatic carbocycles. The number of hydrogen-bond acceptors (Lipinski definition) is 3. The van der Waals surface area contributed by atoms with Gasteiger partial charge in [0.25, 0.3) is 5.91 Å². The van der Waals surface area contributed by atoms with E-state index in [4.69, 9.17) is 11.6 Å². The van der Waals surface area contributed by atoms with Crippen LogP contribution in [0.15, 0.2) is 39.8 Å². The number of anilines is 1. The largest absolute Gasteiger partial charge is 0.446 e. The minimum Gasteiger partial charge on any atom is -0.322 e. The van der Waals surface area contributed by atoms with Gasteiger partial charge in [-0.25, -0.2) is 9.37 Å². The van der Waals surface area contributed by atoms with Crippen LogP contribution in [0.3, 0.4) is 0 Å². The summed E-state index contributed by atoms with van der Waals surface area (Å²) in [7, 11) is 0. The summed E-state index contributed by atoms with van der Waals surface area (Å²) in [5.74, 6) is -1.69. The number of halogens is 6. The molecule has 122 valence electrons. The van der Waals surface area contributed by atoms with E-state index in [1.807, 2.05) is 0 Å². The zero-order chi connectivity index (χ0) is 17.2. The maximum Gasteiger partial charge on any atom is 0.446 e. The number of aromatic nitrogens is 1. The maximum atomic E-state index is 13.6. The van der Waals surface area contributed by atoms with E-state index < -0.39 is 33.9 Å². The van der Waals surface area contributed by atoms with Gasteiger partial charge >= 0.3 is 5.51 Å². The molecule has 0 saturated heterocycles. The molecule has 0 unspecified atom stereocenters. The first kappa shape index (κ1) is 18.0. The fourth-order valence-electron chi connectivity index (χ4n) is 1.53. The van der Waals surface area contributed by atoms with E-state index in [-0.39, 0.29) is 16.4 Å². The van der Waals surface area contributed by atoms with Crippen molar-refractivity contribution in [3.8, 4) is 0 Å². The smallest absolute Gasteiger partial charge is 0.322 e. The van der Waals surface area contributed by atoms with Crippen LogP contribution in [0.2, 0.25) is 5.15 Å². The molecule has 0 fully saturated rings. The van der Waals surface area contributed by atoms with Gasteiger partial charge in [0, 0.05) is 11.9 Å². The number of benzene rings is 1. The first-order chi connectivity index (χ1) is 10.7. The quantitative estimate of drug-likeness (QED) is 0.398. The lowest BCUT2D eigenvalue weighted by molar-refractivity contribution is -0.0329. The van der Waals surface area contributed by atoms with Gasteiger partial charge in [-0.1, -0.05) is 11.6 Å². The number of pyridine rings is 1. The molecule has 10 heteroatoms. The predicted molar refractivity (Wildman–Crippen MR) is 83.2 cm³/mol. The van der Waals surface area contributed by atoms with Crippen LogP contribution >= 0.6 is 39.3 Å². The third-order valence-electron chi connectivity index (χ3n) is 2.47. The van der Waals surface area contributed by atoms with E-state index in [1.54, 1.807) is 0 Å². The van der Waals surface area contributed by atoms with Crippen molar-refractivity contribution in [2.45, 2.75) is 10.4 Å². The summed E-state index contributed by atoms with van der Waals surface area (Å²) >= 11 is 8.24. The molecule has 0 saturated carbocycles. The van der Waals surface area contributed by atoms with Crippen molar-refractivity contribution in [3.63, 3.8) is 0 Å². The molecule has 3 nitrogen and oxygen atoms in total. The molecule has 1 amide bonds. The number of hydrogen-bond donors (Lipinski definition) is 1. The third kappa shape index (κ3) is 5.08. The molecule has 0 aliphatic rings. The van der Waals surface area contributed by atoms with E-state index in [0.717, 1.165) is 12.1 Å². The molecular formula is C13H6BrClF4N2OS. The number of thioether (sulfide) groups is 1. The van der Waals surface area contributed by atoms with Crippen LogP contribution in [0.4, 0.5) is 23.2 Å². The van der Waals surface area contributed by atoms with Gasteiger partial charge in [0.1, 0.15) is 11.0 Å². The normalized spacial score (nSPS) is 11.4. The van der Waals surface area contributed by atoms with E-state index >= 15 is 0 Å². The van der Waals surface area contributed by atoms with Crippen LogP contribution in [0, 0.1) is 5.82 Å². The number of nitrogens with zero attached hydrogens (tertiary/aromatic N) is 1. The molecule has 0 atom stereocenters. The van der Waals surface area contributed by atoms with Crippen LogP contribution in [0.1, 0.15) is 10.4 Å². The number of alkyl halides is 3. The molecular weight excluding hydrogens is 424 g/mol. The second-order valence-electron chi connectivity index (χ2n) is 4.14. The first-order valence-electron chi connectivity index (χ1n) is 5.83. The molecule has 0 bridgehead atoms. The molecule has 0 spiro atoms. The topological polar surface area (TPSA) is 42.0 Å². The first-order valence-corrected chi connectivity index (χ1v) is 7.82. The summed E-state index contributed by atoms with van der Waals surface area (Å²) in [5, 5.41) is 2.53. The third-order valence-corrected chi connectivity index (χ3v) is 4.39. The molecule has 1 aromatic carbocycles. The van der Waals surface area contributed by atoms with Crippen LogP contribution in [-0.4, -0.2) is 16.4 Å². The summed E-state index contributed by atoms with van der Waals surface area (Å²) in [5.41, 5.74) is -4.42. The highest BCUT2D eigenvalue weighted by atomic mass is 79.9. The molecule has 1 heterocycles. The van der Waals surface area contributed by atoms with Crippen LogP contribution in [-0.2, 0) is 0 Å². The van der Waals surface area contributed by atoms with Gasteiger partial charge in [-0.2, -0.15) is 13.2 Å². The highest BCUT2D eigenvalue weighted by Crippen LogP contribution is 2.38. The molecule has 0 aliphatic heterocycles. The van der Waals surface area contributed by atoms with Crippen LogP contribution < -0.4 is 5.32 Å². The van der Waals surface area contributed by atoms with Gasteiger partial charge < -0.3 is 5.32 Å². The lowest BCUT2D eigenvalue weighted by atomic mass is 10.2. The van der Waals surface area contributed by atoms with Gasteiger partial charge in [-0.3, -0.25) is 4.79 Å². The van der Waals surface area contributed by atoms with Crippen molar-refractivity contribution >= 4 is 50.9 Å². The summed E-state index contributed by atoms with van der Waals surface area (Å²) in [4.78, 5) is 15.2. The van der Waals surface area contributed by atoms with Gasteiger partial charge in [-0.05, 0) is 52.0 Å². The number of amides is 1.